The number of carboxylic acids is 1. The molecule has 1 rings (SSSR count). The molecule has 1 amide bonds. The van der Waals surface area contributed by atoms with Crippen molar-refractivity contribution in [2.24, 2.45) is 5.41 Å². The molecular formula is C14H25NO3. The third kappa shape index (κ3) is 2.85. The van der Waals surface area contributed by atoms with Crippen molar-refractivity contribution in [3.8, 4) is 0 Å². The molecule has 0 aliphatic heterocycles. The van der Waals surface area contributed by atoms with Gasteiger partial charge in [0, 0.05) is 5.41 Å². The molecule has 0 aromatic heterocycles. The number of hydrogen-bond acceptors (Lipinski definition) is 2. The molecule has 0 unspecified atom stereocenters. The van der Waals surface area contributed by atoms with Crippen LogP contribution in [0.15, 0.2) is 0 Å². The summed E-state index contributed by atoms with van der Waals surface area (Å²) < 4.78 is 0. The van der Waals surface area contributed by atoms with Gasteiger partial charge in [-0.1, -0.05) is 20.8 Å². The standard InChI is InChI=1S/C14H25NO3/c1-4-13(5-2,6-3)12(18)15-14(8-7-9-14)10-11(16)17/h4-10H2,1-3H3,(H,15,18)(H,16,17). The lowest BCUT2D eigenvalue weighted by molar-refractivity contribution is -0.142. The van der Waals surface area contributed by atoms with Crippen LogP contribution in [0, 0.1) is 5.41 Å². The molecule has 0 heterocycles. The van der Waals surface area contributed by atoms with E-state index in [1.807, 2.05) is 20.8 Å². The van der Waals surface area contributed by atoms with Gasteiger partial charge in [-0.05, 0) is 38.5 Å². The van der Waals surface area contributed by atoms with Gasteiger partial charge >= 0.3 is 5.97 Å². The molecule has 2 N–H and O–H groups in total. The van der Waals surface area contributed by atoms with Gasteiger partial charge in [0.05, 0.1) is 12.0 Å². The Labute approximate surface area is 109 Å². The smallest absolute Gasteiger partial charge is 0.305 e. The van der Waals surface area contributed by atoms with Crippen molar-refractivity contribution < 1.29 is 14.7 Å². The number of carbonyl (C=O) groups excluding carboxylic acids is 1. The second-order valence-electron chi connectivity index (χ2n) is 5.50. The highest BCUT2D eigenvalue weighted by Crippen LogP contribution is 2.38. The van der Waals surface area contributed by atoms with Crippen LogP contribution in [0.2, 0.25) is 0 Å². The minimum Gasteiger partial charge on any atom is -0.481 e. The minimum atomic E-state index is -0.829. The fourth-order valence-electron chi connectivity index (χ4n) is 2.84. The van der Waals surface area contributed by atoms with E-state index >= 15 is 0 Å². The lowest BCUT2D eigenvalue weighted by Crippen LogP contribution is -2.58. The van der Waals surface area contributed by atoms with Gasteiger partial charge < -0.3 is 10.4 Å². The van der Waals surface area contributed by atoms with Crippen molar-refractivity contribution in [3.05, 3.63) is 0 Å². The van der Waals surface area contributed by atoms with Crippen LogP contribution in [0.25, 0.3) is 0 Å². The summed E-state index contributed by atoms with van der Waals surface area (Å²) in [6, 6.07) is 0. The van der Waals surface area contributed by atoms with Crippen molar-refractivity contribution in [2.45, 2.75) is 71.3 Å². The number of hydrogen-bond donors (Lipinski definition) is 2. The van der Waals surface area contributed by atoms with Crippen LogP contribution >= 0.6 is 0 Å². The number of nitrogens with one attached hydrogen (secondary N) is 1. The number of carbonyl (C=O) groups is 2. The Hall–Kier alpha value is -1.06. The Morgan fingerprint density at radius 3 is 1.94 bits per heavy atom. The zero-order valence-electron chi connectivity index (χ0n) is 11.7. The molecular weight excluding hydrogens is 230 g/mol. The largest absolute Gasteiger partial charge is 0.481 e. The van der Waals surface area contributed by atoms with Crippen LogP contribution < -0.4 is 5.32 Å². The van der Waals surface area contributed by atoms with E-state index in [9.17, 15) is 9.59 Å². The summed E-state index contributed by atoms with van der Waals surface area (Å²) in [5, 5.41) is 12.0. The second-order valence-corrected chi connectivity index (χ2v) is 5.50. The SMILES string of the molecule is CCC(CC)(CC)C(=O)NC1(CC(=O)O)CCC1. The fourth-order valence-corrected chi connectivity index (χ4v) is 2.84. The molecule has 4 nitrogen and oxygen atoms in total. The summed E-state index contributed by atoms with van der Waals surface area (Å²) in [6.07, 6.45) is 5.03. The lowest BCUT2D eigenvalue weighted by Gasteiger charge is -2.44. The van der Waals surface area contributed by atoms with E-state index in [1.165, 1.54) is 0 Å². The van der Waals surface area contributed by atoms with Crippen LogP contribution in [-0.4, -0.2) is 22.5 Å². The first-order valence-electron chi connectivity index (χ1n) is 6.98. The summed E-state index contributed by atoms with van der Waals surface area (Å²) in [5.41, 5.74) is -0.811. The van der Waals surface area contributed by atoms with E-state index < -0.39 is 11.5 Å². The normalized spacial score (nSPS) is 17.9. The van der Waals surface area contributed by atoms with E-state index in [2.05, 4.69) is 5.32 Å². The van der Waals surface area contributed by atoms with Gasteiger partial charge in [-0.25, -0.2) is 0 Å². The minimum absolute atomic E-state index is 0.0379. The molecule has 1 aliphatic carbocycles. The Morgan fingerprint density at radius 1 is 1.17 bits per heavy atom. The molecule has 0 bridgehead atoms. The van der Waals surface area contributed by atoms with Gasteiger partial charge in [-0.3, -0.25) is 9.59 Å². The molecule has 1 fully saturated rings. The predicted molar refractivity (Wildman–Crippen MR) is 70.3 cm³/mol. The highest BCUT2D eigenvalue weighted by atomic mass is 16.4. The zero-order valence-corrected chi connectivity index (χ0v) is 11.7. The molecule has 0 radical (unpaired) electrons. The molecule has 18 heavy (non-hydrogen) atoms. The highest BCUT2D eigenvalue weighted by molar-refractivity contribution is 5.84. The Balaban J connectivity index is 2.75. The van der Waals surface area contributed by atoms with E-state index in [4.69, 9.17) is 5.11 Å². The van der Waals surface area contributed by atoms with E-state index in [0.717, 1.165) is 38.5 Å². The van der Waals surface area contributed by atoms with Gasteiger partial charge in [0.1, 0.15) is 0 Å². The first kappa shape index (κ1) is 15.0. The molecule has 104 valence electrons. The highest BCUT2D eigenvalue weighted by Gasteiger charge is 2.44. The first-order valence-corrected chi connectivity index (χ1v) is 6.98. The van der Waals surface area contributed by atoms with Crippen LogP contribution in [0.3, 0.4) is 0 Å². The fraction of sp³-hybridized carbons (Fsp3) is 0.857. The average molecular weight is 255 g/mol. The summed E-state index contributed by atoms with van der Waals surface area (Å²) in [4.78, 5) is 23.3. The van der Waals surface area contributed by atoms with Gasteiger partial charge in [0.25, 0.3) is 0 Å². The molecule has 1 aliphatic rings. The quantitative estimate of drug-likeness (QED) is 0.735. The summed E-state index contributed by atoms with van der Waals surface area (Å²) in [5.74, 6) is -0.791. The number of carboxylic acid groups (broad SMARTS) is 1. The van der Waals surface area contributed by atoms with E-state index in [1.54, 1.807) is 0 Å². The number of aliphatic carboxylic acids is 1. The van der Waals surface area contributed by atoms with E-state index in [0.29, 0.717) is 0 Å². The number of amides is 1. The maximum atomic E-state index is 12.4. The van der Waals surface area contributed by atoms with Crippen LogP contribution in [-0.2, 0) is 9.59 Å². The van der Waals surface area contributed by atoms with Gasteiger partial charge in [-0.2, -0.15) is 0 Å². The van der Waals surface area contributed by atoms with E-state index in [-0.39, 0.29) is 17.7 Å². The molecule has 0 spiro atoms. The third-order valence-corrected chi connectivity index (χ3v) is 4.69. The van der Waals surface area contributed by atoms with Gasteiger partial charge in [0.15, 0.2) is 0 Å². The maximum Gasteiger partial charge on any atom is 0.305 e. The first-order chi connectivity index (χ1) is 8.43. The Bertz CT molecular complexity index is 309. The van der Waals surface area contributed by atoms with Crippen molar-refractivity contribution in [1.29, 1.82) is 0 Å². The summed E-state index contributed by atoms with van der Waals surface area (Å²) in [6.45, 7) is 6.08. The van der Waals surface area contributed by atoms with Gasteiger partial charge in [0.2, 0.25) is 5.91 Å². The van der Waals surface area contributed by atoms with Crippen molar-refractivity contribution in [2.75, 3.05) is 0 Å². The molecule has 4 heteroatoms. The lowest BCUT2D eigenvalue weighted by atomic mass is 9.72. The average Bonchev–Trinajstić information content (AvgIpc) is 2.28. The third-order valence-electron chi connectivity index (χ3n) is 4.69. The number of rotatable bonds is 7. The molecule has 0 aromatic carbocycles. The van der Waals surface area contributed by atoms with Crippen LogP contribution in [0.4, 0.5) is 0 Å². The summed E-state index contributed by atoms with van der Waals surface area (Å²) in [7, 11) is 0. The van der Waals surface area contributed by atoms with Gasteiger partial charge in [-0.15, -0.1) is 0 Å². The topological polar surface area (TPSA) is 66.4 Å². The van der Waals surface area contributed by atoms with Crippen LogP contribution in [0.1, 0.15) is 65.7 Å². The summed E-state index contributed by atoms with van der Waals surface area (Å²) >= 11 is 0. The molecule has 0 saturated heterocycles. The Morgan fingerprint density at radius 2 is 1.67 bits per heavy atom. The maximum absolute atomic E-state index is 12.4. The monoisotopic (exact) mass is 255 g/mol. The van der Waals surface area contributed by atoms with Crippen LogP contribution in [0.5, 0.6) is 0 Å². The molecule has 0 aromatic rings. The van der Waals surface area contributed by atoms with Crippen molar-refractivity contribution in [3.63, 3.8) is 0 Å². The molecule has 0 atom stereocenters. The second kappa shape index (κ2) is 5.72. The molecule has 1 saturated carbocycles. The van der Waals surface area contributed by atoms with Crippen molar-refractivity contribution in [1.82, 2.24) is 5.32 Å². The van der Waals surface area contributed by atoms with Crippen molar-refractivity contribution >= 4 is 11.9 Å². The predicted octanol–water partition coefficient (Wildman–Crippen LogP) is 2.72. The Kier molecular flexibility index (Phi) is 4.77. The zero-order chi connectivity index (χ0) is 13.8.